The molecule has 2 atom stereocenters. The standard InChI is InChI=1S/C14H21NO/c1-11-5-3-4-6-14(11)12(2)15-9-13-7-8-16-10-13/h3-6,12-13,15H,7-10H2,1-2H3. The Morgan fingerprint density at radius 1 is 1.44 bits per heavy atom. The van der Waals surface area contributed by atoms with Gasteiger partial charge in [-0.1, -0.05) is 24.3 Å². The Labute approximate surface area is 98.0 Å². The van der Waals surface area contributed by atoms with Crippen LogP contribution in [-0.4, -0.2) is 19.8 Å². The van der Waals surface area contributed by atoms with E-state index in [-0.39, 0.29) is 0 Å². The van der Waals surface area contributed by atoms with Crippen molar-refractivity contribution in [3.8, 4) is 0 Å². The molecule has 1 saturated heterocycles. The maximum absolute atomic E-state index is 5.38. The van der Waals surface area contributed by atoms with Crippen LogP contribution in [0.4, 0.5) is 0 Å². The summed E-state index contributed by atoms with van der Waals surface area (Å²) in [5.74, 6) is 0.700. The Morgan fingerprint density at radius 3 is 2.94 bits per heavy atom. The number of hydrogen-bond acceptors (Lipinski definition) is 2. The first-order valence-corrected chi connectivity index (χ1v) is 6.14. The monoisotopic (exact) mass is 219 g/mol. The Balaban J connectivity index is 1.87. The molecule has 16 heavy (non-hydrogen) atoms. The molecule has 0 radical (unpaired) electrons. The van der Waals surface area contributed by atoms with Gasteiger partial charge in [-0.05, 0) is 37.3 Å². The van der Waals surface area contributed by atoms with Gasteiger partial charge in [-0.2, -0.15) is 0 Å². The highest BCUT2D eigenvalue weighted by molar-refractivity contribution is 5.28. The van der Waals surface area contributed by atoms with Gasteiger partial charge in [0.2, 0.25) is 0 Å². The molecule has 0 aromatic heterocycles. The highest BCUT2D eigenvalue weighted by atomic mass is 16.5. The van der Waals surface area contributed by atoms with Gasteiger partial charge < -0.3 is 10.1 Å². The average molecular weight is 219 g/mol. The summed E-state index contributed by atoms with van der Waals surface area (Å²) in [6.45, 7) is 7.33. The van der Waals surface area contributed by atoms with E-state index < -0.39 is 0 Å². The SMILES string of the molecule is Cc1ccccc1C(C)NCC1CCOC1. The van der Waals surface area contributed by atoms with Crippen LogP contribution in [0.5, 0.6) is 0 Å². The van der Waals surface area contributed by atoms with Crippen LogP contribution in [0.15, 0.2) is 24.3 Å². The number of ether oxygens (including phenoxy) is 1. The molecule has 1 aliphatic rings. The molecular weight excluding hydrogens is 198 g/mol. The molecular formula is C14H21NO. The van der Waals surface area contributed by atoms with Gasteiger partial charge >= 0.3 is 0 Å². The van der Waals surface area contributed by atoms with Gasteiger partial charge in [0, 0.05) is 19.2 Å². The summed E-state index contributed by atoms with van der Waals surface area (Å²) < 4.78 is 5.38. The molecule has 0 bridgehead atoms. The fourth-order valence-electron chi connectivity index (χ4n) is 2.27. The van der Waals surface area contributed by atoms with Gasteiger partial charge in [0.15, 0.2) is 0 Å². The van der Waals surface area contributed by atoms with Gasteiger partial charge in [-0.25, -0.2) is 0 Å². The van der Waals surface area contributed by atoms with Crippen LogP contribution in [0.1, 0.15) is 30.5 Å². The first-order chi connectivity index (χ1) is 7.77. The van der Waals surface area contributed by atoms with Crippen molar-refractivity contribution in [3.05, 3.63) is 35.4 Å². The largest absolute Gasteiger partial charge is 0.381 e. The maximum Gasteiger partial charge on any atom is 0.0507 e. The summed E-state index contributed by atoms with van der Waals surface area (Å²) in [6, 6.07) is 9.02. The lowest BCUT2D eigenvalue weighted by molar-refractivity contribution is 0.184. The lowest BCUT2D eigenvalue weighted by Crippen LogP contribution is -2.26. The summed E-state index contributed by atoms with van der Waals surface area (Å²) in [5, 5.41) is 3.60. The van der Waals surface area contributed by atoms with Crippen LogP contribution < -0.4 is 5.32 Å². The van der Waals surface area contributed by atoms with Crippen molar-refractivity contribution in [3.63, 3.8) is 0 Å². The number of rotatable bonds is 4. The van der Waals surface area contributed by atoms with Crippen molar-refractivity contribution in [2.24, 2.45) is 5.92 Å². The minimum Gasteiger partial charge on any atom is -0.381 e. The maximum atomic E-state index is 5.38. The number of aryl methyl sites for hydroxylation is 1. The summed E-state index contributed by atoms with van der Waals surface area (Å²) in [6.07, 6.45) is 1.20. The van der Waals surface area contributed by atoms with Crippen LogP contribution in [0, 0.1) is 12.8 Å². The van der Waals surface area contributed by atoms with Crippen molar-refractivity contribution in [2.45, 2.75) is 26.3 Å². The summed E-state index contributed by atoms with van der Waals surface area (Å²) in [5.41, 5.74) is 2.77. The van der Waals surface area contributed by atoms with E-state index in [9.17, 15) is 0 Å². The predicted octanol–water partition coefficient (Wildman–Crippen LogP) is 2.68. The molecule has 1 heterocycles. The number of nitrogens with one attached hydrogen (secondary N) is 1. The topological polar surface area (TPSA) is 21.3 Å². The van der Waals surface area contributed by atoms with Gasteiger partial charge in [0.05, 0.1) is 6.61 Å². The molecule has 1 N–H and O–H groups in total. The minimum atomic E-state index is 0.432. The van der Waals surface area contributed by atoms with Crippen LogP contribution in [-0.2, 0) is 4.74 Å². The third kappa shape index (κ3) is 2.83. The lowest BCUT2D eigenvalue weighted by atomic mass is 10.0. The van der Waals surface area contributed by atoms with Crippen LogP contribution in [0.3, 0.4) is 0 Å². The molecule has 2 rings (SSSR count). The molecule has 1 aromatic carbocycles. The Kier molecular flexibility index (Phi) is 3.97. The first-order valence-electron chi connectivity index (χ1n) is 6.14. The molecule has 1 aromatic rings. The molecule has 0 aliphatic carbocycles. The van der Waals surface area contributed by atoms with Crippen molar-refractivity contribution >= 4 is 0 Å². The normalized spacial score (nSPS) is 22.2. The average Bonchev–Trinajstić information content (AvgIpc) is 2.79. The molecule has 1 aliphatic heterocycles. The molecule has 88 valence electrons. The highest BCUT2D eigenvalue weighted by Gasteiger charge is 2.16. The second kappa shape index (κ2) is 5.46. The highest BCUT2D eigenvalue weighted by Crippen LogP contribution is 2.18. The van der Waals surface area contributed by atoms with Crippen LogP contribution >= 0.6 is 0 Å². The molecule has 2 unspecified atom stereocenters. The third-order valence-electron chi connectivity index (χ3n) is 3.39. The lowest BCUT2D eigenvalue weighted by Gasteiger charge is -2.18. The second-order valence-electron chi connectivity index (χ2n) is 4.72. The van der Waals surface area contributed by atoms with Crippen molar-refractivity contribution in [1.29, 1.82) is 0 Å². The molecule has 2 heteroatoms. The number of hydrogen-bond donors (Lipinski definition) is 1. The zero-order chi connectivity index (χ0) is 11.4. The third-order valence-corrected chi connectivity index (χ3v) is 3.39. The Morgan fingerprint density at radius 2 is 2.25 bits per heavy atom. The molecule has 0 amide bonds. The van der Waals surface area contributed by atoms with Crippen LogP contribution in [0.2, 0.25) is 0 Å². The van der Waals surface area contributed by atoms with E-state index in [2.05, 4.69) is 43.4 Å². The quantitative estimate of drug-likeness (QED) is 0.840. The van der Waals surface area contributed by atoms with Gasteiger partial charge in [-0.3, -0.25) is 0 Å². The Bertz CT molecular complexity index is 331. The van der Waals surface area contributed by atoms with Crippen molar-refractivity contribution in [2.75, 3.05) is 19.8 Å². The first kappa shape index (κ1) is 11.6. The van der Waals surface area contributed by atoms with E-state index in [1.807, 2.05) is 0 Å². The molecule has 0 saturated carbocycles. The van der Waals surface area contributed by atoms with E-state index in [1.165, 1.54) is 17.5 Å². The number of benzene rings is 1. The summed E-state index contributed by atoms with van der Waals surface area (Å²) >= 11 is 0. The van der Waals surface area contributed by atoms with E-state index in [4.69, 9.17) is 4.74 Å². The summed E-state index contributed by atoms with van der Waals surface area (Å²) in [7, 11) is 0. The Hall–Kier alpha value is -0.860. The molecule has 0 spiro atoms. The molecule has 1 fully saturated rings. The van der Waals surface area contributed by atoms with Crippen LogP contribution in [0.25, 0.3) is 0 Å². The fraction of sp³-hybridized carbons (Fsp3) is 0.571. The zero-order valence-corrected chi connectivity index (χ0v) is 10.2. The molecule has 2 nitrogen and oxygen atoms in total. The van der Waals surface area contributed by atoms with E-state index >= 15 is 0 Å². The minimum absolute atomic E-state index is 0.432. The van der Waals surface area contributed by atoms with Gasteiger partial charge in [0.1, 0.15) is 0 Å². The van der Waals surface area contributed by atoms with Gasteiger partial charge in [-0.15, -0.1) is 0 Å². The van der Waals surface area contributed by atoms with Crippen molar-refractivity contribution < 1.29 is 4.74 Å². The smallest absolute Gasteiger partial charge is 0.0507 e. The van der Waals surface area contributed by atoms with E-state index in [0.29, 0.717) is 12.0 Å². The second-order valence-corrected chi connectivity index (χ2v) is 4.72. The van der Waals surface area contributed by atoms with Gasteiger partial charge in [0.25, 0.3) is 0 Å². The van der Waals surface area contributed by atoms with Crippen molar-refractivity contribution in [1.82, 2.24) is 5.32 Å². The fourth-order valence-corrected chi connectivity index (χ4v) is 2.27. The summed E-state index contributed by atoms with van der Waals surface area (Å²) in [4.78, 5) is 0. The zero-order valence-electron chi connectivity index (χ0n) is 10.2. The van der Waals surface area contributed by atoms with E-state index in [0.717, 1.165) is 19.8 Å². The predicted molar refractivity (Wildman–Crippen MR) is 66.5 cm³/mol. The van der Waals surface area contributed by atoms with E-state index in [1.54, 1.807) is 0 Å².